The Bertz CT molecular complexity index is 1270. The van der Waals surface area contributed by atoms with Crippen molar-refractivity contribution in [2.45, 2.75) is 122 Å². The van der Waals surface area contributed by atoms with E-state index in [4.69, 9.17) is 23.7 Å². The number of ether oxygens (including phenoxy) is 5. The molecule has 12 nitrogen and oxygen atoms in total. The third kappa shape index (κ3) is 4.93. The normalized spacial score (nSPS) is 39.8. The number of unbranched alkanes of at least 4 members (excludes halogenated alkanes) is 4. The minimum Gasteiger partial charge on any atom is -0.467 e. The van der Waals surface area contributed by atoms with Crippen LogP contribution in [0.15, 0.2) is 11.3 Å². The van der Waals surface area contributed by atoms with Crippen LogP contribution in [0.1, 0.15) is 91.9 Å². The molecule has 12 heteroatoms. The van der Waals surface area contributed by atoms with Crippen molar-refractivity contribution in [3.63, 3.8) is 0 Å². The van der Waals surface area contributed by atoms with Gasteiger partial charge in [-0.1, -0.05) is 46.5 Å². The summed E-state index contributed by atoms with van der Waals surface area (Å²) in [6.45, 7) is 7.31. The highest BCUT2D eigenvalue weighted by atomic mass is 16.6. The first-order valence-corrected chi connectivity index (χ1v) is 16.3. The second-order valence-corrected chi connectivity index (χ2v) is 13.7. The number of ketones is 1. The maximum Gasteiger partial charge on any atom is 0.348 e. The number of Topliss-reactive ketones (excluding diaryl/α,β-unsaturated/α-hetero) is 1. The summed E-state index contributed by atoms with van der Waals surface area (Å²) in [6.07, 6.45) is -1.19. The van der Waals surface area contributed by atoms with Gasteiger partial charge in [0.1, 0.15) is 12.2 Å². The van der Waals surface area contributed by atoms with Gasteiger partial charge in [0.25, 0.3) is 0 Å². The van der Waals surface area contributed by atoms with Gasteiger partial charge in [-0.2, -0.15) is 0 Å². The highest BCUT2D eigenvalue weighted by Crippen LogP contribution is 2.72. The molecule has 5 aliphatic rings. The molecule has 0 aromatic heterocycles. The molecule has 1 spiro atoms. The molecule has 2 heterocycles. The molecule has 0 radical (unpaired) electrons. The number of hydrogen-bond acceptors (Lipinski definition) is 12. The van der Waals surface area contributed by atoms with Gasteiger partial charge < -0.3 is 33.9 Å². The fourth-order valence-electron chi connectivity index (χ4n) is 9.39. The number of hydrogen-bond donors (Lipinski definition) is 2. The average Bonchev–Trinajstić information content (AvgIpc) is 3.30. The van der Waals surface area contributed by atoms with Gasteiger partial charge in [0.05, 0.1) is 25.7 Å². The summed E-state index contributed by atoms with van der Waals surface area (Å²) in [5.41, 5.74) is -4.07. The Balaban J connectivity index is 1.58. The Kier molecular flexibility index (Phi) is 9.25. The lowest BCUT2D eigenvalue weighted by Gasteiger charge is -2.67. The van der Waals surface area contributed by atoms with Crippen molar-refractivity contribution in [2.24, 2.45) is 28.6 Å². The predicted molar refractivity (Wildman–Crippen MR) is 155 cm³/mol. The summed E-state index contributed by atoms with van der Waals surface area (Å²) in [5.74, 6) is -6.20. The van der Waals surface area contributed by atoms with Gasteiger partial charge in [-0.15, -0.1) is 0 Å². The summed E-state index contributed by atoms with van der Waals surface area (Å²) in [6, 6.07) is 0. The van der Waals surface area contributed by atoms with Gasteiger partial charge in [-0.05, 0) is 43.1 Å². The molecule has 0 unspecified atom stereocenters. The fraction of sp³-hybridized carbons (Fsp3) is 0.788. The molecule has 2 saturated heterocycles. The van der Waals surface area contributed by atoms with E-state index in [2.05, 4.69) is 0 Å². The number of esters is 4. The highest BCUT2D eigenvalue weighted by molar-refractivity contribution is 5.98. The molecule has 4 fully saturated rings. The van der Waals surface area contributed by atoms with Gasteiger partial charge in [0.2, 0.25) is 11.7 Å². The van der Waals surface area contributed by atoms with Crippen molar-refractivity contribution in [2.75, 3.05) is 13.7 Å². The van der Waals surface area contributed by atoms with E-state index >= 15 is 0 Å². The van der Waals surface area contributed by atoms with E-state index in [1.54, 1.807) is 6.92 Å². The Morgan fingerprint density at radius 1 is 0.978 bits per heavy atom. The van der Waals surface area contributed by atoms with E-state index in [1.165, 1.54) is 0 Å². The van der Waals surface area contributed by atoms with E-state index in [1.807, 2.05) is 20.8 Å². The van der Waals surface area contributed by atoms with Gasteiger partial charge >= 0.3 is 23.9 Å². The van der Waals surface area contributed by atoms with E-state index in [0.717, 1.165) is 32.8 Å². The lowest BCUT2D eigenvalue weighted by Crippen LogP contribution is -2.79. The fourth-order valence-corrected chi connectivity index (χ4v) is 9.39. The zero-order chi connectivity index (χ0) is 32.9. The van der Waals surface area contributed by atoms with Crippen LogP contribution in [0.5, 0.6) is 0 Å². The maximum atomic E-state index is 13.7. The van der Waals surface area contributed by atoms with E-state index in [0.29, 0.717) is 18.4 Å². The summed E-state index contributed by atoms with van der Waals surface area (Å²) in [7, 11) is 1.11. The predicted octanol–water partition coefficient (Wildman–Crippen LogP) is 2.70. The van der Waals surface area contributed by atoms with Gasteiger partial charge in [0.15, 0.2) is 11.5 Å². The second kappa shape index (κ2) is 12.4. The highest BCUT2D eigenvalue weighted by Gasteiger charge is 2.85. The second-order valence-electron chi connectivity index (χ2n) is 13.7. The number of aliphatic hydroxyl groups excluding tert-OH is 2. The minimum absolute atomic E-state index is 0.0371. The van der Waals surface area contributed by atoms with Crippen LogP contribution >= 0.6 is 0 Å². The van der Waals surface area contributed by atoms with Crippen LogP contribution in [0.2, 0.25) is 0 Å². The SMILES string of the molecule is CCCCCC(=O)OC1=C(C)[C@@H]2C[C@H]3OC(=O)[C@H](OC(=O)CCCCC)[C@H]4[C@]5(C(=O)OC)OC[C@]34[C@H]([C@@H](O)[C@@H]5O)[C@@]2(C)CC1=O. The molecule has 0 aromatic rings. The van der Waals surface area contributed by atoms with Gasteiger partial charge in [-0.3, -0.25) is 14.4 Å². The number of allylic oxidation sites excluding steroid dienone is 2. The summed E-state index contributed by atoms with van der Waals surface area (Å²) < 4.78 is 28.6. The minimum atomic E-state index is -2.22. The topological polar surface area (TPSA) is 172 Å². The molecule has 2 aliphatic heterocycles. The Hall–Kier alpha value is -2.83. The van der Waals surface area contributed by atoms with E-state index < -0.39 is 88.3 Å². The molecule has 0 aromatic carbocycles. The molecule has 3 aliphatic carbocycles. The zero-order valence-electron chi connectivity index (χ0n) is 26.8. The quantitative estimate of drug-likeness (QED) is 0.194. The first-order valence-electron chi connectivity index (χ1n) is 16.3. The number of carbonyl (C=O) groups is 5. The summed E-state index contributed by atoms with van der Waals surface area (Å²) >= 11 is 0. The average molecular weight is 635 g/mol. The lowest BCUT2D eigenvalue weighted by molar-refractivity contribution is -0.290. The molecule has 10 atom stereocenters. The lowest BCUT2D eigenvalue weighted by atomic mass is 9.38. The van der Waals surface area contributed by atoms with E-state index in [9.17, 15) is 34.2 Å². The number of rotatable bonds is 11. The van der Waals surface area contributed by atoms with Crippen LogP contribution in [-0.4, -0.2) is 83.6 Å². The zero-order valence-corrected chi connectivity index (χ0v) is 26.8. The van der Waals surface area contributed by atoms with Gasteiger partial charge in [-0.25, -0.2) is 9.59 Å². The monoisotopic (exact) mass is 634 g/mol. The first-order chi connectivity index (χ1) is 21.3. The Morgan fingerprint density at radius 2 is 1.62 bits per heavy atom. The first kappa shape index (κ1) is 33.5. The van der Waals surface area contributed by atoms with Crippen LogP contribution in [-0.2, 0) is 47.7 Å². The van der Waals surface area contributed by atoms with Crippen molar-refractivity contribution in [3.05, 3.63) is 11.3 Å². The van der Waals surface area contributed by atoms with Crippen LogP contribution in [0, 0.1) is 28.6 Å². The van der Waals surface area contributed by atoms with Crippen LogP contribution in [0.3, 0.4) is 0 Å². The van der Waals surface area contributed by atoms with Crippen LogP contribution in [0.25, 0.3) is 0 Å². The third-order valence-corrected chi connectivity index (χ3v) is 11.3. The molecule has 2 saturated carbocycles. The van der Waals surface area contributed by atoms with E-state index in [-0.39, 0.29) is 38.0 Å². The molecular formula is C33H46O12. The maximum absolute atomic E-state index is 13.7. The summed E-state index contributed by atoms with van der Waals surface area (Å²) in [4.78, 5) is 66.5. The van der Waals surface area contributed by atoms with Crippen molar-refractivity contribution in [1.82, 2.24) is 0 Å². The number of methoxy groups -OCH3 is 1. The molecule has 2 bridgehead atoms. The Labute approximate surface area is 263 Å². The number of fused-ring (bicyclic) bond motifs is 2. The summed E-state index contributed by atoms with van der Waals surface area (Å²) in [5, 5.41) is 23.7. The molecule has 5 rings (SSSR count). The Morgan fingerprint density at radius 3 is 2.24 bits per heavy atom. The molecule has 45 heavy (non-hydrogen) atoms. The van der Waals surface area contributed by atoms with Crippen molar-refractivity contribution in [3.8, 4) is 0 Å². The smallest absolute Gasteiger partial charge is 0.348 e. The number of carbonyl (C=O) groups excluding carboxylic acids is 5. The standard InChI is InChI=1S/C33H46O12/c1-6-8-10-12-21(35)44-24-17(3)18-14-20-32-16-42-33(30(40)41-5,28(38)23(37)26(32)31(18,4)15-19(24)34)27(32)25(29(39)43-20)45-22(36)13-11-9-7-2/h18,20,23,25-28,37-38H,6-16H2,1-5H3/t18-,20+,23+,25+,26+,27+,28-,31-,32+,33-/m0/s1. The molecular weight excluding hydrogens is 588 g/mol. The van der Waals surface area contributed by atoms with Crippen molar-refractivity contribution in [1.29, 1.82) is 0 Å². The number of aliphatic hydroxyl groups is 2. The largest absolute Gasteiger partial charge is 0.467 e. The van der Waals surface area contributed by atoms with Crippen molar-refractivity contribution >= 4 is 29.7 Å². The molecule has 0 amide bonds. The van der Waals surface area contributed by atoms with Gasteiger partial charge in [0, 0.05) is 30.6 Å². The van der Waals surface area contributed by atoms with Crippen molar-refractivity contribution < 1.29 is 57.9 Å². The third-order valence-electron chi connectivity index (χ3n) is 11.3. The van der Waals surface area contributed by atoms with Crippen LogP contribution < -0.4 is 0 Å². The molecule has 250 valence electrons. The van der Waals surface area contributed by atoms with Crippen LogP contribution in [0.4, 0.5) is 0 Å². The molecule has 2 N–H and O–H groups in total.